The second-order valence-corrected chi connectivity index (χ2v) is 8.13. The van der Waals surface area contributed by atoms with E-state index in [0.717, 1.165) is 32.4 Å². The molecule has 1 atom stereocenters. The number of hydrogen-bond acceptors (Lipinski definition) is 3. The maximum atomic E-state index is 12.4. The number of halogens is 1. The number of para-hydroxylation sites is 1. The van der Waals surface area contributed by atoms with Gasteiger partial charge >= 0.3 is 0 Å². The predicted octanol–water partition coefficient (Wildman–Crippen LogP) is 2.20. The largest absolute Gasteiger partial charge is 0.369 e. The van der Waals surface area contributed by atoms with Gasteiger partial charge in [0.25, 0.3) is 0 Å². The second-order valence-electron chi connectivity index (χ2n) is 6.09. The van der Waals surface area contributed by atoms with Crippen molar-refractivity contribution in [3.05, 3.63) is 29.8 Å². The van der Waals surface area contributed by atoms with Crippen molar-refractivity contribution in [2.45, 2.75) is 31.7 Å². The first kappa shape index (κ1) is 15.7. The van der Waals surface area contributed by atoms with Crippen molar-refractivity contribution in [2.24, 2.45) is 0 Å². The summed E-state index contributed by atoms with van der Waals surface area (Å²) in [4.78, 5) is 2.29. The lowest BCUT2D eigenvalue weighted by Crippen LogP contribution is -2.43. The molecule has 0 aromatic heterocycles. The summed E-state index contributed by atoms with van der Waals surface area (Å²) in [5.74, 6) is -0.0728. The van der Waals surface area contributed by atoms with E-state index in [9.17, 15) is 12.8 Å². The quantitative estimate of drug-likeness (QED) is 0.805. The van der Waals surface area contributed by atoms with Crippen molar-refractivity contribution in [1.29, 1.82) is 0 Å². The smallest absolute Gasteiger partial charge is 0.214 e. The van der Waals surface area contributed by atoms with E-state index in [0.29, 0.717) is 6.54 Å². The molecule has 0 amide bonds. The van der Waals surface area contributed by atoms with Crippen molar-refractivity contribution < 1.29 is 12.8 Å². The minimum atomic E-state index is -3.32. The van der Waals surface area contributed by atoms with E-state index in [1.54, 1.807) is 4.31 Å². The molecule has 0 unspecified atom stereocenters. The van der Waals surface area contributed by atoms with Crippen molar-refractivity contribution in [3.8, 4) is 0 Å². The van der Waals surface area contributed by atoms with Gasteiger partial charge in [-0.1, -0.05) is 18.2 Å². The first-order valence-corrected chi connectivity index (χ1v) is 9.61. The third kappa shape index (κ3) is 3.13. The van der Waals surface area contributed by atoms with Crippen molar-refractivity contribution in [2.75, 3.05) is 37.0 Å². The summed E-state index contributed by atoms with van der Waals surface area (Å²) < 4.78 is 38.6. The van der Waals surface area contributed by atoms with Gasteiger partial charge in [-0.3, -0.25) is 4.39 Å². The summed E-state index contributed by atoms with van der Waals surface area (Å²) in [6, 6.07) is 8.35. The predicted molar refractivity (Wildman–Crippen MR) is 86.5 cm³/mol. The van der Waals surface area contributed by atoms with Crippen LogP contribution in [0.2, 0.25) is 0 Å². The zero-order valence-corrected chi connectivity index (χ0v) is 13.6. The summed E-state index contributed by atoms with van der Waals surface area (Å²) in [5, 5.41) is 0. The minimum Gasteiger partial charge on any atom is -0.369 e. The number of benzene rings is 1. The fourth-order valence-corrected chi connectivity index (χ4v) is 5.30. The van der Waals surface area contributed by atoms with Crippen LogP contribution in [0.3, 0.4) is 0 Å². The molecular formula is C16H23FN2O2S. The Morgan fingerprint density at radius 1 is 1.23 bits per heavy atom. The molecule has 22 heavy (non-hydrogen) atoms. The van der Waals surface area contributed by atoms with Gasteiger partial charge in [0.05, 0.1) is 12.4 Å². The molecule has 2 aliphatic heterocycles. The topological polar surface area (TPSA) is 40.6 Å². The molecule has 4 nitrogen and oxygen atoms in total. The lowest BCUT2D eigenvalue weighted by molar-refractivity contribution is 0.384. The molecule has 1 saturated heterocycles. The van der Waals surface area contributed by atoms with Crippen molar-refractivity contribution >= 4 is 15.7 Å². The van der Waals surface area contributed by atoms with E-state index in [2.05, 4.69) is 17.0 Å². The average Bonchev–Trinajstić information content (AvgIpc) is 3.14. The monoisotopic (exact) mass is 326 g/mol. The van der Waals surface area contributed by atoms with Crippen molar-refractivity contribution in [3.63, 3.8) is 0 Å². The standard InChI is InChI=1S/C16H23FN2O2S/c17-9-4-12-22(20,21)19-10-3-6-15(19)13-18-11-8-14-5-1-2-7-16(14)18/h1-2,5,7,15H,3-4,6,8-13H2/t15-/m0/s1. The van der Waals surface area contributed by atoms with E-state index in [1.165, 1.54) is 11.3 Å². The normalized spacial score (nSPS) is 22.2. The van der Waals surface area contributed by atoms with Crippen molar-refractivity contribution in [1.82, 2.24) is 4.31 Å². The Labute approximate surface area is 132 Å². The van der Waals surface area contributed by atoms with Crippen LogP contribution in [0, 0.1) is 0 Å². The number of sulfonamides is 1. The van der Waals surface area contributed by atoms with Gasteiger partial charge < -0.3 is 4.90 Å². The van der Waals surface area contributed by atoms with Gasteiger partial charge in [-0.25, -0.2) is 8.42 Å². The number of fused-ring (bicyclic) bond motifs is 1. The fraction of sp³-hybridized carbons (Fsp3) is 0.625. The second kappa shape index (κ2) is 6.54. The highest BCUT2D eigenvalue weighted by molar-refractivity contribution is 7.89. The van der Waals surface area contributed by atoms with Gasteiger partial charge in [0, 0.05) is 31.4 Å². The van der Waals surface area contributed by atoms with E-state index in [4.69, 9.17) is 0 Å². The minimum absolute atomic E-state index is 0.0239. The van der Waals surface area contributed by atoms with Crippen LogP contribution >= 0.6 is 0 Å². The highest BCUT2D eigenvalue weighted by Gasteiger charge is 2.35. The molecular weight excluding hydrogens is 303 g/mol. The molecule has 1 aromatic rings. The number of hydrogen-bond donors (Lipinski definition) is 0. The van der Waals surface area contributed by atoms with Crippen LogP contribution in [0.5, 0.6) is 0 Å². The Hall–Kier alpha value is -1.14. The molecule has 2 heterocycles. The molecule has 6 heteroatoms. The van der Waals surface area contributed by atoms with Crippen LogP contribution in [0.4, 0.5) is 10.1 Å². The van der Waals surface area contributed by atoms with Gasteiger partial charge in [0.15, 0.2) is 0 Å². The first-order valence-electron chi connectivity index (χ1n) is 8.00. The molecule has 0 radical (unpaired) electrons. The van der Waals surface area contributed by atoms with Crippen LogP contribution in [0.15, 0.2) is 24.3 Å². The number of rotatable bonds is 6. The number of alkyl halides is 1. The van der Waals surface area contributed by atoms with Crippen LogP contribution in [-0.4, -0.2) is 50.8 Å². The SMILES string of the molecule is O=S(=O)(CCCF)N1CCC[C@H]1CN1CCc2ccccc21. The van der Waals surface area contributed by atoms with Gasteiger partial charge in [-0.15, -0.1) is 0 Å². The van der Waals surface area contributed by atoms with E-state index in [-0.39, 0.29) is 18.2 Å². The molecule has 1 fully saturated rings. The molecule has 2 aliphatic rings. The van der Waals surface area contributed by atoms with Crippen LogP contribution < -0.4 is 4.90 Å². The van der Waals surface area contributed by atoms with Gasteiger partial charge in [0.2, 0.25) is 10.0 Å². The lowest BCUT2D eigenvalue weighted by Gasteiger charge is -2.29. The fourth-order valence-electron chi connectivity index (χ4n) is 3.56. The third-order valence-electron chi connectivity index (χ3n) is 4.63. The molecule has 0 N–H and O–H groups in total. The van der Waals surface area contributed by atoms with E-state index >= 15 is 0 Å². The maximum Gasteiger partial charge on any atom is 0.214 e. The maximum absolute atomic E-state index is 12.4. The number of nitrogens with zero attached hydrogens (tertiary/aromatic N) is 2. The first-order chi connectivity index (χ1) is 10.6. The van der Waals surface area contributed by atoms with E-state index < -0.39 is 16.7 Å². The summed E-state index contributed by atoms with van der Waals surface area (Å²) in [5.41, 5.74) is 2.57. The van der Waals surface area contributed by atoms with Gasteiger partial charge in [-0.2, -0.15) is 4.31 Å². The number of anilines is 1. The molecule has 122 valence electrons. The summed E-state index contributed by atoms with van der Waals surface area (Å²) >= 11 is 0. The molecule has 1 aromatic carbocycles. The Bertz CT molecular complexity index is 620. The van der Waals surface area contributed by atoms with E-state index in [1.807, 2.05) is 12.1 Å². The Morgan fingerprint density at radius 2 is 2.05 bits per heavy atom. The van der Waals surface area contributed by atoms with Crippen LogP contribution in [0.1, 0.15) is 24.8 Å². The summed E-state index contributed by atoms with van der Waals surface area (Å²) in [6.45, 7) is 1.70. The Kier molecular flexibility index (Phi) is 4.68. The molecule has 3 rings (SSSR count). The van der Waals surface area contributed by atoms with Gasteiger partial charge in [0.1, 0.15) is 0 Å². The zero-order valence-electron chi connectivity index (χ0n) is 12.7. The third-order valence-corrected chi connectivity index (χ3v) is 6.63. The van der Waals surface area contributed by atoms with Crippen LogP contribution in [-0.2, 0) is 16.4 Å². The lowest BCUT2D eigenvalue weighted by atomic mass is 10.2. The average molecular weight is 326 g/mol. The Balaban J connectivity index is 1.70. The molecule has 0 saturated carbocycles. The highest BCUT2D eigenvalue weighted by atomic mass is 32.2. The molecule has 0 bridgehead atoms. The molecule has 0 aliphatic carbocycles. The Morgan fingerprint density at radius 3 is 2.86 bits per heavy atom. The van der Waals surface area contributed by atoms with Crippen LogP contribution in [0.25, 0.3) is 0 Å². The van der Waals surface area contributed by atoms with Gasteiger partial charge in [-0.05, 0) is 37.3 Å². The summed E-state index contributed by atoms with van der Waals surface area (Å²) in [7, 11) is -3.32. The highest BCUT2D eigenvalue weighted by Crippen LogP contribution is 2.30. The zero-order chi connectivity index (χ0) is 15.6. The molecule has 0 spiro atoms. The summed E-state index contributed by atoms with van der Waals surface area (Å²) in [6.07, 6.45) is 2.91.